The summed E-state index contributed by atoms with van der Waals surface area (Å²) >= 11 is 0. The predicted octanol–water partition coefficient (Wildman–Crippen LogP) is 2.58. The third-order valence-corrected chi connectivity index (χ3v) is 5.25. The van der Waals surface area contributed by atoms with Gasteiger partial charge in [0, 0.05) is 38.4 Å². The van der Waals surface area contributed by atoms with Crippen LogP contribution in [-0.2, 0) is 4.79 Å². The summed E-state index contributed by atoms with van der Waals surface area (Å²) in [5.41, 5.74) is 0.736. The molecule has 3 amide bonds. The molecule has 0 unspecified atom stereocenters. The van der Waals surface area contributed by atoms with E-state index >= 15 is 0 Å². The highest BCUT2D eigenvalue weighted by molar-refractivity contribution is 6.04. The zero-order chi connectivity index (χ0) is 16.4. The lowest BCUT2D eigenvalue weighted by Crippen LogP contribution is -2.65. The Morgan fingerprint density at radius 1 is 1.13 bits per heavy atom. The lowest BCUT2D eigenvalue weighted by molar-refractivity contribution is -0.138. The standard InChI is InChI=1S/C18H25N3O2/c1-3-19(4-2)17(23)20-12-10-18(11-13-20)14-21(16(18)22)15-8-6-5-7-9-15/h5-9H,3-4,10-14H2,1-2H3. The molecule has 0 aliphatic carbocycles. The van der Waals surface area contributed by atoms with E-state index in [0.29, 0.717) is 13.1 Å². The average Bonchev–Trinajstić information content (AvgIpc) is 2.61. The maximum absolute atomic E-state index is 12.7. The first kappa shape index (κ1) is 15.8. The smallest absolute Gasteiger partial charge is 0.319 e. The number of rotatable bonds is 3. The Labute approximate surface area is 137 Å². The van der Waals surface area contributed by atoms with Crippen molar-refractivity contribution in [3.05, 3.63) is 30.3 Å². The summed E-state index contributed by atoms with van der Waals surface area (Å²) in [6.45, 7) is 7.62. The van der Waals surface area contributed by atoms with E-state index in [1.807, 2.05) is 58.9 Å². The zero-order valence-corrected chi connectivity index (χ0v) is 14.0. The maximum Gasteiger partial charge on any atom is 0.319 e. The second-order valence-corrected chi connectivity index (χ2v) is 6.45. The van der Waals surface area contributed by atoms with Gasteiger partial charge in [0.1, 0.15) is 0 Å². The molecule has 0 atom stereocenters. The first-order valence-corrected chi connectivity index (χ1v) is 8.52. The van der Waals surface area contributed by atoms with Gasteiger partial charge in [0.05, 0.1) is 5.41 Å². The number of piperidine rings is 1. The summed E-state index contributed by atoms with van der Waals surface area (Å²) in [6, 6.07) is 9.93. The van der Waals surface area contributed by atoms with Crippen LogP contribution in [0.5, 0.6) is 0 Å². The van der Waals surface area contributed by atoms with Crippen LogP contribution in [0.1, 0.15) is 26.7 Å². The van der Waals surface area contributed by atoms with E-state index in [9.17, 15) is 9.59 Å². The van der Waals surface area contributed by atoms with E-state index < -0.39 is 0 Å². The highest BCUT2D eigenvalue weighted by atomic mass is 16.2. The molecule has 1 spiro atoms. The quantitative estimate of drug-likeness (QED) is 0.805. The van der Waals surface area contributed by atoms with Crippen molar-refractivity contribution in [2.75, 3.05) is 37.6 Å². The number of anilines is 1. The van der Waals surface area contributed by atoms with Crippen molar-refractivity contribution in [1.29, 1.82) is 0 Å². The predicted molar refractivity (Wildman–Crippen MR) is 90.4 cm³/mol. The van der Waals surface area contributed by atoms with Crippen LogP contribution in [0.2, 0.25) is 0 Å². The molecule has 2 saturated heterocycles. The Hall–Kier alpha value is -2.04. The Morgan fingerprint density at radius 3 is 2.26 bits per heavy atom. The van der Waals surface area contributed by atoms with E-state index in [-0.39, 0.29) is 17.4 Å². The minimum atomic E-state index is -0.240. The number of likely N-dealkylation sites (tertiary alicyclic amines) is 1. The topological polar surface area (TPSA) is 43.9 Å². The molecule has 2 aliphatic rings. The number of para-hydroxylation sites is 1. The number of carbonyl (C=O) groups excluding carboxylic acids is 2. The van der Waals surface area contributed by atoms with Gasteiger partial charge in [-0.25, -0.2) is 4.79 Å². The normalized spacial score (nSPS) is 19.7. The van der Waals surface area contributed by atoms with Crippen LogP contribution in [0.4, 0.5) is 10.5 Å². The molecule has 2 aliphatic heterocycles. The maximum atomic E-state index is 12.7. The van der Waals surface area contributed by atoms with Crippen molar-refractivity contribution in [1.82, 2.24) is 9.80 Å². The molecule has 0 N–H and O–H groups in total. The number of amides is 3. The van der Waals surface area contributed by atoms with Gasteiger partial charge in [-0.3, -0.25) is 4.79 Å². The van der Waals surface area contributed by atoms with Gasteiger partial charge in [-0.1, -0.05) is 18.2 Å². The molecule has 0 bridgehead atoms. The second kappa shape index (κ2) is 6.22. The Kier molecular flexibility index (Phi) is 4.28. The van der Waals surface area contributed by atoms with Crippen LogP contribution in [0.3, 0.4) is 0 Å². The van der Waals surface area contributed by atoms with Crippen molar-refractivity contribution in [3.63, 3.8) is 0 Å². The number of carbonyl (C=O) groups is 2. The highest BCUT2D eigenvalue weighted by Crippen LogP contribution is 2.43. The molecule has 2 fully saturated rings. The van der Waals surface area contributed by atoms with E-state index in [1.54, 1.807) is 0 Å². The molecule has 1 aromatic rings. The largest absolute Gasteiger partial charge is 0.325 e. The van der Waals surface area contributed by atoms with Crippen LogP contribution in [0.15, 0.2) is 30.3 Å². The molecule has 2 heterocycles. The van der Waals surface area contributed by atoms with Gasteiger partial charge in [0.25, 0.3) is 0 Å². The molecule has 3 rings (SSSR count). The number of nitrogens with zero attached hydrogens (tertiary/aromatic N) is 3. The van der Waals surface area contributed by atoms with E-state index in [1.165, 1.54) is 0 Å². The molecule has 1 aromatic carbocycles. The second-order valence-electron chi connectivity index (χ2n) is 6.45. The van der Waals surface area contributed by atoms with Crippen LogP contribution in [0.25, 0.3) is 0 Å². The number of hydrogen-bond acceptors (Lipinski definition) is 2. The van der Waals surface area contributed by atoms with E-state index in [2.05, 4.69) is 0 Å². The van der Waals surface area contributed by atoms with Gasteiger partial charge >= 0.3 is 6.03 Å². The molecule has 124 valence electrons. The third kappa shape index (κ3) is 2.69. The molecule has 23 heavy (non-hydrogen) atoms. The summed E-state index contributed by atoms with van der Waals surface area (Å²) in [5.74, 6) is 0.221. The summed E-state index contributed by atoms with van der Waals surface area (Å²) in [4.78, 5) is 30.7. The zero-order valence-electron chi connectivity index (χ0n) is 14.0. The van der Waals surface area contributed by atoms with Gasteiger partial charge in [0.2, 0.25) is 5.91 Å². The van der Waals surface area contributed by atoms with Crippen molar-refractivity contribution >= 4 is 17.6 Å². The van der Waals surface area contributed by atoms with Crippen LogP contribution in [0, 0.1) is 5.41 Å². The summed E-state index contributed by atoms with van der Waals surface area (Å²) in [6.07, 6.45) is 1.56. The minimum absolute atomic E-state index is 0.108. The first-order valence-electron chi connectivity index (χ1n) is 8.52. The lowest BCUT2D eigenvalue weighted by atomic mass is 9.71. The van der Waals surface area contributed by atoms with Gasteiger partial charge in [-0.05, 0) is 38.8 Å². The monoisotopic (exact) mass is 315 g/mol. The Bertz CT molecular complexity index is 575. The van der Waals surface area contributed by atoms with Crippen molar-refractivity contribution in [2.45, 2.75) is 26.7 Å². The first-order chi connectivity index (χ1) is 11.1. The number of urea groups is 1. The van der Waals surface area contributed by atoms with Gasteiger partial charge in [-0.15, -0.1) is 0 Å². The summed E-state index contributed by atoms with van der Waals surface area (Å²) in [5, 5.41) is 0. The molecule has 5 nitrogen and oxygen atoms in total. The lowest BCUT2D eigenvalue weighted by Gasteiger charge is -2.52. The van der Waals surface area contributed by atoms with E-state index in [0.717, 1.165) is 38.2 Å². The van der Waals surface area contributed by atoms with Crippen molar-refractivity contribution in [3.8, 4) is 0 Å². The Morgan fingerprint density at radius 2 is 1.74 bits per heavy atom. The van der Waals surface area contributed by atoms with Gasteiger partial charge < -0.3 is 14.7 Å². The van der Waals surface area contributed by atoms with Gasteiger partial charge in [0.15, 0.2) is 0 Å². The molecule has 0 aromatic heterocycles. The Balaban J connectivity index is 1.60. The van der Waals surface area contributed by atoms with Crippen molar-refractivity contribution < 1.29 is 9.59 Å². The summed E-state index contributed by atoms with van der Waals surface area (Å²) in [7, 11) is 0. The van der Waals surface area contributed by atoms with Crippen LogP contribution >= 0.6 is 0 Å². The van der Waals surface area contributed by atoms with Crippen molar-refractivity contribution in [2.24, 2.45) is 5.41 Å². The number of hydrogen-bond donors (Lipinski definition) is 0. The minimum Gasteiger partial charge on any atom is -0.325 e. The molecule has 0 radical (unpaired) electrons. The molecular formula is C18H25N3O2. The molecule has 0 saturated carbocycles. The van der Waals surface area contributed by atoms with Crippen LogP contribution < -0.4 is 4.90 Å². The average molecular weight is 315 g/mol. The highest BCUT2D eigenvalue weighted by Gasteiger charge is 2.53. The fraction of sp³-hybridized carbons (Fsp3) is 0.556. The third-order valence-electron chi connectivity index (χ3n) is 5.25. The number of β-lactam (4-membered cyclic amide) rings is 1. The van der Waals surface area contributed by atoms with E-state index in [4.69, 9.17) is 0 Å². The molecular weight excluding hydrogens is 290 g/mol. The SMILES string of the molecule is CCN(CC)C(=O)N1CCC2(CC1)CN(c1ccccc1)C2=O. The number of benzene rings is 1. The fourth-order valence-corrected chi connectivity index (χ4v) is 3.65. The fourth-order valence-electron chi connectivity index (χ4n) is 3.65. The molecule has 5 heteroatoms. The van der Waals surface area contributed by atoms with Gasteiger partial charge in [-0.2, -0.15) is 0 Å². The van der Waals surface area contributed by atoms with Crippen LogP contribution in [-0.4, -0.2) is 54.5 Å². The summed E-state index contributed by atoms with van der Waals surface area (Å²) < 4.78 is 0.